The molecule has 3 aromatic rings. The van der Waals surface area contributed by atoms with Crippen molar-refractivity contribution >= 4 is 35.2 Å². The van der Waals surface area contributed by atoms with E-state index in [-0.39, 0.29) is 62.0 Å². The van der Waals surface area contributed by atoms with Crippen molar-refractivity contribution in [1.82, 2.24) is 10.2 Å². The third-order valence-electron chi connectivity index (χ3n) is 14.5. The molecule has 6 rings (SSSR count). The zero-order valence-electron chi connectivity index (χ0n) is 43.1. The van der Waals surface area contributed by atoms with Crippen molar-refractivity contribution in [3.8, 4) is 11.5 Å². The van der Waals surface area contributed by atoms with E-state index in [0.29, 0.717) is 60.6 Å². The first-order valence-electron chi connectivity index (χ1n) is 26.5. The van der Waals surface area contributed by atoms with Gasteiger partial charge in [-0.25, -0.2) is 4.79 Å². The maximum absolute atomic E-state index is 14.5. The zero-order valence-corrected chi connectivity index (χ0v) is 43.1. The van der Waals surface area contributed by atoms with Crippen LogP contribution in [0.5, 0.6) is 11.5 Å². The van der Waals surface area contributed by atoms with E-state index in [1.54, 1.807) is 60.5 Å². The van der Waals surface area contributed by atoms with Gasteiger partial charge in [0.25, 0.3) is 11.4 Å². The summed E-state index contributed by atoms with van der Waals surface area (Å²) in [6.07, 6.45) is 22.2. The number of nitrogens with one attached hydrogen (secondary N) is 1. The second kappa shape index (κ2) is 28.9. The molecule has 1 fully saturated rings. The van der Waals surface area contributed by atoms with E-state index in [2.05, 4.69) is 24.9 Å². The molecule has 1 aliphatic heterocycles. The number of amides is 2. The third kappa shape index (κ3) is 15.1. The summed E-state index contributed by atoms with van der Waals surface area (Å²) in [4.78, 5) is 57.3. The van der Waals surface area contributed by atoms with E-state index >= 15 is 0 Å². The Morgan fingerprint density at radius 1 is 0.865 bits per heavy atom. The highest BCUT2D eigenvalue weighted by atomic mass is 16.7. The molecular formula is C57H75N5O12. The van der Waals surface area contributed by atoms with Crippen LogP contribution in [-0.2, 0) is 21.0 Å². The fourth-order valence-corrected chi connectivity index (χ4v) is 10.8. The molecule has 1 heterocycles. The molecule has 17 nitrogen and oxygen atoms in total. The summed E-state index contributed by atoms with van der Waals surface area (Å²) in [5.74, 6) is -2.34. The summed E-state index contributed by atoms with van der Waals surface area (Å²) in [6.45, 7) is 6.78. The zero-order chi connectivity index (χ0) is 52.9. The van der Waals surface area contributed by atoms with E-state index in [1.165, 1.54) is 75.3 Å². The molecule has 74 heavy (non-hydrogen) atoms. The monoisotopic (exact) mass is 1020 g/mol. The lowest BCUT2D eigenvalue weighted by molar-refractivity contribution is -0.385. The number of hydrogen-bond donors (Lipinski definition) is 3. The number of nitro groups is 2. The Hall–Kier alpha value is -6.43. The lowest BCUT2D eigenvalue weighted by Gasteiger charge is -2.59. The molecule has 2 aliphatic carbocycles. The predicted octanol–water partition coefficient (Wildman–Crippen LogP) is 11.5. The molecule has 0 saturated heterocycles. The van der Waals surface area contributed by atoms with Gasteiger partial charge in [-0.2, -0.15) is 0 Å². The van der Waals surface area contributed by atoms with Gasteiger partial charge in [-0.05, 0) is 109 Å². The number of likely N-dealkylation sites (N-methyl/N-ethyl adjacent to an activating group) is 1. The van der Waals surface area contributed by atoms with Gasteiger partial charge >= 0.3 is 6.09 Å². The molecule has 0 radical (unpaired) electrons. The van der Waals surface area contributed by atoms with Crippen LogP contribution in [0.15, 0.2) is 102 Å². The number of benzene rings is 3. The number of ether oxygens (including phenoxy) is 3. The van der Waals surface area contributed by atoms with Crippen LogP contribution >= 0.6 is 0 Å². The molecule has 0 bridgehead atoms. The van der Waals surface area contributed by atoms with Gasteiger partial charge in [-0.3, -0.25) is 25.0 Å². The van der Waals surface area contributed by atoms with Crippen LogP contribution in [-0.4, -0.2) is 87.9 Å². The average Bonchev–Trinajstić information content (AvgIpc) is 3.40. The van der Waals surface area contributed by atoms with Gasteiger partial charge in [0, 0.05) is 75.0 Å². The van der Waals surface area contributed by atoms with Crippen molar-refractivity contribution in [1.29, 1.82) is 0 Å². The molecule has 6 atom stereocenters. The first-order valence-corrected chi connectivity index (χ1v) is 26.5. The number of nitro benzene ring substituents is 2. The number of unbranched alkanes of at least 4 members (excludes halogenated alkanes) is 11. The lowest BCUT2D eigenvalue weighted by Crippen LogP contribution is -2.69. The van der Waals surface area contributed by atoms with Gasteiger partial charge in [-0.15, -0.1) is 6.58 Å². The van der Waals surface area contributed by atoms with Crippen LogP contribution < -0.4 is 14.8 Å². The van der Waals surface area contributed by atoms with Gasteiger partial charge < -0.3 is 39.5 Å². The molecule has 0 spiro atoms. The van der Waals surface area contributed by atoms with Crippen LogP contribution in [0.2, 0.25) is 0 Å². The molecular weight excluding hydrogens is 947 g/mol. The fourth-order valence-electron chi connectivity index (χ4n) is 10.8. The first-order chi connectivity index (χ1) is 35.9. The summed E-state index contributed by atoms with van der Waals surface area (Å²) in [6, 6.07) is 16.3. The largest absolute Gasteiger partial charge is 0.459 e. The van der Waals surface area contributed by atoms with Gasteiger partial charge in [0.1, 0.15) is 24.1 Å². The smallest absolute Gasteiger partial charge is 0.412 e. The molecule has 0 aromatic heterocycles. The average molecular weight is 1020 g/mol. The molecule has 2 amide bonds. The van der Waals surface area contributed by atoms with Crippen molar-refractivity contribution in [2.24, 2.45) is 22.9 Å². The quantitative estimate of drug-likeness (QED) is 0.0180. The number of rotatable bonds is 31. The fraction of sp³-hybridized carbons (Fsp3) is 0.526. The third-order valence-corrected chi connectivity index (χ3v) is 14.5. The minimum atomic E-state index is -1.55. The number of oxime groups is 1. The van der Waals surface area contributed by atoms with Crippen LogP contribution in [0.4, 0.5) is 16.2 Å². The second-order valence-corrected chi connectivity index (χ2v) is 19.6. The van der Waals surface area contributed by atoms with Gasteiger partial charge in [0.05, 0.1) is 28.1 Å². The lowest BCUT2D eigenvalue weighted by atomic mass is 9.55. The summed E-state index contributed by atoms with van der Waals surface area (Å²) in [7, 11) is 1.66. The van der Waals surface area contributed by atoms with Crippen LogP contribution in [0.3, 0.4) is 0 Å². The maximum Gasteiger partial charge on any atom is 0.412 e. The number of nitrogens with zero attached hydrogens (tertiary/aromatic N) is 4. The van der Waals surface area contributed by atoms with Crippen LogP contribution in [0, 0.1) is 38.0 Å². The number of aliphatic hydroxyl groups is 2. The Labute approximate surface area is 435 Å². The SMILES string of the molecule is C=CCO[C@@]12Oc3ccc(OC(=O)NCCCCCCCCCCCC)cc3[C@H]3[C@H](CCCCO)[C@@H](CCCCO)C=C(C(=NOCc4ccc([N+](=O)[O-])cc4)C[C@@H]1N(C)C(=O)C=Cc1ccc([N+](=O)[O-])cc1)[C@H]32. The Balaban J connectivity index is 1.39. The van der Waals surface area contributed by atoms with Crippen molar-refractivity contribution in [3.05, 3.63) is 134 Å². The Morgan fingerprint density at radius 3 is 2.14 bits per heavy atom. The van der Waals surface area contributed by atoms with Crippen LogP contribution in [0.25, 0.3) is 6.08 Å². The normalized spacial score (nSPS) is 21.2. The second-order valence-electron chi connectivity index (χ2n) is 19.6. The van der Waals surface area contributed by atoms with Gasteiger partial charge in [-0.1, -0.05) is 94.9 Å². The van der Waals surface area contributed by atoms with E-state index in [0.717, 1.165) is 43.2 Å². The van der Waals surface area contributed by atoms with Crippen LogP contribution in [0.1, 0.15) is 139 Å². The molecule has 400 valence electrons. The Morgan fingerprint density at radius 2 is 1.50 bits per heavy atom. The van der Waals surface area contributed by atoms with E-state index in [1.807, 2.05) is 6.07 Å². The van der Waals surface area contributed by atoms with Gasteiger partial charge in [0.15, 0.2) is 0 Å². The summed E-state index contributed by atoms with van der Waals surface area (Å²) < 4.78 is 20.2. The van der Waals surface area contributed by atoms with E-state index in [4.69, 9.17) is 24.2 Å². The number of fused-ring (bicyclic) bond motifs is 2. The number of allylic oxidation sites excluding steroid dienone is 1. The van der Waals surface area contributed by atoms with Crippen molar-refractivity contribution in [2.75, 3.05) is 33.4 Å². The number of hydrogen-bond acceptors (Lipinski definition) is 13. The topological polar surface area (TPSA) is 225 Å². The standard InChI is InChI=1S/C57H75N5O12/c1-4-6-7-8-9-10-11-12-13-16-33-58-56(66)73-46-30-31-51-49(38-46)54-47(20-15-18-35-64)43(19-14-17-34-63)37-48-50(59-72-40-42-23-28-45(29-24-42)62(69)70)39-52(57(74-51,55(48)54)71-36-5-2)60(3)53(65)32-25-41-21-26-44(27-22-41)61(67)68/h5,21-32,37-38,43,47,52,54-55,63-64H,2,4,6-20,33-36,39-40H2,1,3H3,(H,58,66)/t43-,47+,52-,54+,55+,57+/m0/s1. The maximum atomic E-state index is 14.5. The molecule has 17 heteroatoms. The summed E-state index contributed by atoms with van der Waals surface area (Å²) in [5, 5.41) is 50.4. The molecule has 0 unspecified atom stereocenters. The molecule has 3 aromatic carbocycles. The molecule has 3 N–H and O–H groups in total. The Bertz CT molecular complexity index is 2420. The predicted molar refractivity (Wildman–Crippen MR) is 284 cm³/mol. The van der Waals surface area contributed by atoms with Crippen molar-refractivity contribution in [2.45, 2.75) is 140 Å². The minimum absolute atomic E-state index is 0.0105. The highest BCUT2D eigenvalue weighted by Crippen LogP contribution is 2.62. The highest BCUT2D eigenvalue weighted by molar-refractivity contribution is 6.03. The molecule has 3 aliphatic rings. The first kappa shape index (κ1) is 56.9. The molecule has 1 saturated carbocycles. The minimum Gasteiger partial charge on any atom is -0.459 e. The number of carbonyl (C=O) groups is 2. The van der Waals surface area contributed by atoms with Crippen molar-refractivity contribution in [3.63, 3.8) is 0 Å². The number of aliphatic hydroxyl groups excluding tert-OH is 2. The van der Waals surface area contributed by atoms with E-state index < -0.39 is 39.6 Å². The summed E-state index contributed by atoms with van der Waals surface area (Å²) >= 11 is 0. The van der Waals surface area contributed by atoms with Gasteiger partial charge in [0.2, 0.25) is 11.7 Å². The summed E-state index contributed by atoms with van der Waals surface area (Å²) in [5.41, 5.74) is 3.19. The van der Waals surface area contributed by atoms with E-state index in [9.17, 15) is 40.0 Å². The number of carbonyl (C=O) groups excluding carboxylic acids is 2. The Kier molecular flexibility index (Phi) is 22.2. The van der Waals surface area contributed by atoms with Crippen molar-refractivity contribution < 1.29 is 48.7 Å². The number of non-ortho nitro benzene ring substituents is 2. The highest BCUT2D eigenvalue weighted by Gasteiger charge is 2.65.